The predicted octanol–water partition coefficient (Wildman–Crippen LogP) is 13.5. The fourth-order valence-corrected chi connectivity index (χ4v) is 9.62. The summed E-state index contributed by atoms with van der Waals surface area (Å²) < 4.78 is 36.6. The van der Waals surface area contributed by atoms with Crippen molar-refractivity contribution in [1.29, 1.82) is 5.26 Å². The average Bonchev–Trinajstić information content (AvgIpc) is 4.16. The number of ether oxygens (including phenoxy) is 7. The van der Waals surface area contributed by atoms with Crippen molar-refractivity contribution >= 4 is 95.5 Å². The van der Waals surface area contributed by atoms with E-state index < -0.39 is 17.9 Å². The number of azo groups is 2. The number of anilines is 2. The highest BCUT2D eigenvalue weighted by Gasteiger charge is 2.18. The molecule has 0 atom stereocenters. The number of hydrogen-bond acceptors (Lipinski definition) is 21. The first kappa shape index (κ1) is 70.3. The van der Waals surface area contributed by atoms with E-state index in [1.54, 1.807) is 13.8 Å². The van der Waals surface area contributed by atoms with Crippen molar-refractivity contribution < 1.29 is 57.4 Å². The molecule has 0 aliphatic carbocycles. The maximum atomic E-state index is 11.3. The summed E-state index contributed by atoms with van der Waals surface area (Å²) in [6.45, 7) is 37.8. The summed E-state index contributed by atoms with van der Waals surface area (Å²) in [6, 6.07) is 34.5. The predicted molar refractivity (Wildman–Crippen MR) is 340 cm³/mol. The number of allylic oxidation sites excluding steroid dienone is 1. The minimum Gasteiger partial charge on any atom is -0.460 e. The Morgan fingerprint density at radius 1 is 0.596 bits per heavy atom. The third kappa shape index (κ3) is 24.7. The van der Waals surface area contributed by atoms with Crippen LogP contribution in [0.5, 0.6) is 0 Å². The standard InChI is InChI=1S/C36H41N5O7S.C25H25N5O2S.C4H2O3/c1-27-24-31(11-12-32(27)39-40-36-35(38-4)29(3)33(25-37)49-36)41(26-30-8-6-5-7-9-30)14-15-44-16-17-45-18-19-46-20-21-47-22-23-48-34(43)13-10-28(2)42;1-18-16-21(30(12-14-32-15-13-31)17-20-8-6-5-7-9-20)10-11-22(18)28-29-25-23(26-3)19(2)24(27-4)33-25;5-3-1-2-4(6)7-3/h5-13,24H,14-23,26H2,1-3H3;5-11,16,31H,12-15,17H2,1-2H3;1-2H/b13-10-,40-39?;;. The lowest BCUT2D eigenvalue weighted by molar-refractivity contribution is -0.150. The fourth-order valence-electron chi connectivity index (χ4n) is 7.90. The van der Waals surface area contributed by atoms with E-state index in [0.717, 1.165) is 53.4 Å². The lowest BCUT2D eigenvalue weighted by atomic mass is 10.1. The molecule has 0 saturated carbocycles. The summed E-state index contributed by atoms with van der Waals surface area (Å²) in [6.07, 6.45) is 4.41. The molecular weight excluding hydrogens is 1180 g/mol. The van der Waals surface area contributed by atoms with Crippen molar-refractivity contribution in [3.8, 4) is 6.07 Å². The van der Waals surface area contributed by atoms with Crippen LogP contribution in [-0.2, 0) is 65.4 Å². The van der Waals surface area contributed by atoms with Crippen LogP contribution in [0.2, 0.25) is 0 Å². The molecule has 6 aromatic rings. The summed E-state index contributed by atoms with van der Waals surface area (Å²) >= 11 is 2.36. The number of benzene rings is 4. The van der Waals surface area contributed by atoms with Gasteiger partial charge in [0.05, 0.1) is 109 Å². The van der Waals surface area contributed by atoms with Crippen LogP contribution in [0.1, 0.15) is 45.2 Å². The van der Waals surface area contributed by atoms with Gasteiger partial charge in [-0.15, -0.1) is 22.7 Å². The van der Waals surface area contributed by atoms with Crippen LogP contribution >= 0.6 is 22.7 Å². The van der Waals surface area contributed by atoms with Gasteiger partial charge in [-0.3, -0.25) is 4.79 Å². The molecule has 0 bridgehead atoms. The third-order valence-electron chi connectivity index (χ3n) is 12.5. The number of rotatable bonds is 32. The SMILES string of the molecule is O=C1C=CC(=O)O1.[C-]#[N+]c1c(N=Nc2ccc(N(CCOCCOCCOCCOCCOC(=O)/C=C\C(C)=O)Cc3ccccc3)cc2C)sc(C#N)c1C.[C-]#[N+]c1sc(N=Nc2ccc(N(CCOCCO)Cc3ccccc3)cc2C)c([N+]#[C-])c1C. The van der Waals surface area contributed by atoms with Gasteiger partial charge in [0.2, 0.25) is 16.4 Å². The van der Waals surface area contributed by atoms with Crippen molar-refractivity contribution in [2.24, 2.45) is 20.5 Å². The topological polar surface area (TPSA) is 246 Å². The number of thiophene rings is 2. The van der Waals surface area contributed by atoms with Gasteiger partial charge in [-0.05, 0) is 104 Å². The van der Waals surface area contributed by atoms with E-state index in [2.05, 4.69) is 92.0 Å². The molecule has 0 unspecified atom stereocenters. The minimum absolute atomic E-state index is 0.00779. The van der Waals surface area contributed by atoms with E-state index in [-0.39, 0.29) is 25.6 Å². The van der Waals surface area contributed by atoms with Crippen molar-refractivity contribution in [1.82, 2.24) is 0 Å². The number of esters is 3. The number of aliphatic hydroxyl groups is 1. The second-order valence-electron chi connectivity index (χ2n) is 19.0. The molecule has 0 radical (unpaired) electrons. The van der Waals surface area contributed by atoms with E-state index in [1.165, 1.54) is 40.7 Å². The van der Waals surface area contributed by atoms with Crippen molar-refractivity contribution in [3.63, 3.8) is 0 Å². The second-order valence-corrected chi connectivity index (χ2v) is 20.9. The van der Waals surface area contributed by atoms with Gasteiger partial charge in [-0.1, -0.05) is 67.6 Å². The van der Waals surface area contributed by atoms with Gasteiger partial charge in [0.1, 0.15) is 22.7 Å². The van der Waals surface area contributed by atoms with E-state index in [9.17, 15) is 24.4 Å². The Labute approximate surface area is 526 Å². The smallest absolute Gasteiger partial charge is 0.338 e. The van der Waals surface area contributed by atoms with Gasteiger partial charge < -0.3 is 48.1 Å². The molecule has 0 fully saturated rings. The van der Waals surface area contributed by atoms with E-state index in [0.29, 0.717) is 133 Å². The van der Waals surface area contributed by atoms with Gasteiger partial charge >= 0.3 is 17.9 Å². The molecule has 0 amide bonds. The van der Waals surface area contributed by atoms with Crippen LogP contribution in [0.25, 0.3) is 14.5 Å². The summed E-state index contributed by atoms with van der Waals surface area (Å²) in [5.41, 5.74) is 9.75. The molecule has 0 saturated heterocycles. The molecule has 1 N–H and O–H groups in total. The molecule has 7 rings (SSSR count). The molecule has 0 spiro atoms. The summed E-state index contributed by atoms with van der Waals surface area (Å²) in [5.74, 6) is -1.96. The number of cyclic esters (lactones) is 2. The van der Waals surface area contributed by atoms with E-state index >= 15 is 0 Å². The van der Waals surface area contributed by atoms with Crippen molar-refractivity contribution in [2.75, 3.05) is 102 Å². The fraction of sp³-hybridized carbons (Fsp3) is 0.323. The van der Waals surface area contributed by atoms with Gasteiger partial charge in [-0.2, -0.15) is 25.7 Å². The molecule has 2 aromatic heterocycles. The molecule has 462 valence electrons. The third-order valence-corrected chi connectivity index (χ3v) is 14.6. The molecular formula is C65H68N10O12S2. The van der Waals surface area contributed by atoms with Gasteiger partial charge in [0.15, 0.2) is 5.78 Å². The quantitative estimate of drug-likeness (QED) is 0.0103. The van der Waals surface area contributed by atoms with Crippen LogP contribution in [-0.4, -0.2) is 121 Å². The second kappa shape index (κ2) is 39.4. The number of nitriles is 1. The van der Waals surface area contributed by atoms with Gasteiger partial charge in [0.25, 0.3) is 0 Å². The maximum absolute atomic E-state index is 11.3. The largest absolute Gasteiger partial charge is 0.460 e. The molecule has 24 heteroatoms. The van der Waals surface area contributed by atoms with Gasteiger partial charge in [-0.25, -0.2) is 28.9 Å². The highest BCUT2D eigenvalue weighted by atomic mass is 32.1. The normalized spacial score (nSPS) is 11.5. The molecule has 3 heterocycles. The Balaban J connectivity index is 0.000000308. The number of ketones is 1. The molecule has 4 aromatic carbocycles. The first-order chi connectivity index (χ1) is 43.2. The maximum Gasteiger partial charge on any atom is 0.338 e. The highest BCUT2D eigenvalue weighted by Crippen LogP contribution is 2.47. The Kier molecular flexibility index (Phi) is 31.1. The van der Waals surface area contributed by atoms with E-state index in [1.807, 2.05) is 74.5 Å². The summed E-state index contributed by atoms with van der Waals surface area (Å²) in [7, 11) is 0. The number of hydrogen-bond donors (Lipinski definition) is 1. The lowest BCUT2D eigenvalue weighted by Gasteiger charge is -2.25. The number of carbonyl (C=O) groups is 4. The monoisotopic (exact) mass is 1240 g/mol. The van der Waals surface area contributed by atoms with Crippen LogP contribution in [0.3, 0.4) is 0 Å². The van der Waals surface area contributed by atoms with Crippen LogP contribution in [0, 0.1) is 58.7 Å². The summed E-state index contributed by atoms with van der Waals surface area (Å²) in [4.78, 5) is 57.4. The first-order valence-electron chi connectivity index (χ1n) is 27.9. The zero-order valence-corrected chi connectivity index (χ0v) is 51.7. The molecule has 1 aliphatic rings. The van der Waals surface area contributed by atoms with Crippen LogP contribution < -0.4 is 9.80 Å². The Morgan fingerprint density at radius 2 is 1.04 bits per heavy atom. The minimum atomic E-state index is -0.581. The number of carbonyl (C=O) groups excluding carboxylic acids is 4. The molecule has 22 nitrogen and oxygen atoms in total. The lowest BCUT2D eigenvalue weighted by Crippen LogP contribution is -2.27. The molecule has 89 heavy (non-hydrogen) atoms. The molecule has 1 aliphatic heterocycles. The van der Waals surface area contributed by atoms with Crippen LogP contribution in [0.4, 0.5) is 49.1 Å². The van der Waals surface area contributed by atoms with E-state index in [4.69, 9.17) is 53.2 Å². The van der Waals surface area contributed by atoms with Crippen molar-refractivity contribution in [2.45, 2.75) is 47.7 Å². The first-order valence-corrected chi connectivity index (χ1v) is 29.5. The number of aryl methyl sites for hydroxylation is 2. The van der Waals surface area contributed by atoms with Crippen molar-refractivity contribution in [3.05, 3.63) is 194 Å². The Hall–Kier alpha value is -9.44. The van der Waals surface area contributed by atoms with Gasteiger partial charge in [0, 0.05) is 55.8 Å². The van der Waals surface area contributed by atoms with Crippen LogP contribution in [0.15, 0.2) is 142 Å². The Morgan fingerprint density at radius 3 is 1.46 bits per heavy atom. The highest BCUT2D eigenvalue weighted by molar-refractivity contribution is 7.20. The average molecular weight is 1250 g/mol. The zero-order chi connectivity index (χ0) is 64.2. The zero-order valence-electron chi connectivity index (χ0n) is 50.1. The number of aliphatic hydroxyl groups excluding tert-OH is 1. The summed E-state index contributed by atoms with van der Waals surface area (Å²) in [5, 5.41) is 37.0. The Bertz CT molecular complexity index is 3580. The number of nitrogens with zero attached hydrogens (tertiary/aromatic N) is 10.